The lowest BCUT2D eigenvalue weighted by atomic mass is 9.94. The van der Waals surface area contributed by atoms with Crippen molar-refractivity contribution in [3.8, 4) is 11.1 Å². The second kappa shape index (κ2) is 7.45. The minimum Gasteiger partial charge on any atom is -0.321 e. The predicted octanol–water partition coefficient (Wildman–Crippen LogP) is 5.62. The van der Waals surface area contributed by atoms with Crippen LogP contribution in [0.25, 0.3) is 32.1 Å². The molecule has 5 rings (SSSR count). The summed E-state index contributed by atoms with van der Waals surface area (Å²) in [6.45, 7) is 6.52. The number of hydrogen-bond acceptors (Lipinski definition) is 5. The van der Waals surface area contributed by atoms with Gasteiger partial charge in [0.25, 0.3) is 5.56 Å². The topological polar surface area (TPSA) is 65.5 Å². The molecule has 1 unspecified atom stereocenters. The Morgan fingerprint density at radius 1 is 1.10 bits per heavy atom. The Bertz CT molecular complexity index is 1330. The third-order valence-corrected chi connectivity index (χ3v) is 7.32. The molecule has 0 spiro atoms. The Morgan fingerprint density at radius 2 is 1.90 bits per heavy atom. The molecule has 1 aliphatic rings. The maximum absolute atomic E-state index is 12.4. The molecule has 1 atom stereocenters. The van der Waals surface area contributed by atoms with Crippen molar-refractivity contribution < 1.29 is 0 Å². The highest BCUT2D eigenvalue weighted by Gasteiger charge is 2.26. The summed E-state index contributed by atoms with van der Waals surface area (Å²) in [6.07, 6.45) is 2.08. The van der Waals surface area contributed by atoms with E-state index in [-0.39, 0.29) is 5.56 Å². The molecule has 152 valence electrons. The van der Waals surface area contributed by atoms with Crippen molar-refractivity contribution in [2.24, 2.45) is 5.18 Å². The molecule has 0 amide bonds. The maximum Gasteiger partial charge on any atom is 0.266 e. The number of pyridine rings is 1. The largest absolute Gasteiger partial charge is 0.321 e. The molecule has 4 aromatic rings. The Balaban J connectivity index is 1.72. The van der Waals surface area contributed by atoms with Gasteiger partial charge in [-0.15, -0.1) is 16.2 Å². The van der Waals surface area contributed by atoms with Gasteiger partial charge in [-0.05, 0) is 71.4 Å². The molecule has 0 saturated carbocycles. The van der Waals surface area contributed by atoms with Crippen LogP contribution in [0.5, 0.6) is 0 Å². The predicted molar refractivity (Wildman–Crippen MR) is 125 cm³/mol. The molecular formula is C24H23N3O2S. The number of rotatable bonds is 5. The second-order valence-corrected chi connectivity index (χ2v) is 8.77. The Morgan fingerprint density at radius 3 is 2.67 bits per heavy atom. The van der Waals surface area contributed by atoms with E-state index in [1.54, 1.807) is 12.1 Å². The number of H-pyrrole nitrogens is 1. The van der Waals surface area contributed by atoms with E-state index < -0.39 is 0 Å². The van der Waals surface area contributed by atoms with E-state index in [4.69, 9.17) is 0 Å². The van der Waals surface area contributed by atoms with Crippen LogP contribution in [0.3, 0.4) is 0 Å². The summed E-state index contributed by atoms with van der Waals surface area (Å²) in [5.41, 5.74) is 5.54. The van der Waals surface area contributed by atoms with Crippen LogP contribution in [0.4, 0.5) is 5.69 Å². The normalized spacial score (nSPS) is 15.9. The van der Waals surface area contributed by atoms with Gasteiger partial charge in [0.1, 0.15) is 10.4 Å². The van der Waals surface area contributed by atoms with E-state index in [0.717, 1.165) is 53.3 Å². The van der Waals surface area contributed by atoms with Crippen molar-refractivity contribution >= 4 is 38.0 Å². The van der Waals surface area contributed by atoms with Crippen LogP contribution in [0, 0.1) is 4.91 Å². The number of nitrogens with one attached hydrogen (secondary N) is 1. The summed E-state index contributed by atoms with van der Waals surface area (Å²) in [7, 11) is 0. The Kier molecular flexibility index (Phi) is 4.76. The first kappa shape index (κ1) is 19.2. The van der Waals surface area contributed by atoms with Gasteiger partial charge in [0, 0.05) is 27.9 Å². The quantitative estimate of drug-likeness (QED) is 0.429. The van der Waals surface area contributed by atoms with Crippen LogP contribution in [0.15, 0.2) is 51.7 Å². The average molecular weight is 418 g/mol. The number of likely N-dealkylation sites (N-methyl/N-ethyl adjacent to an activating group) is 1. The van der Waals surface area contributed by atoms with Gasteiger partial charge in [-0.2, -0.15) is 0 Å². The molecule has 0 fully saturated rings. The molecular weight excluding hydrogens is 394 g/mol. The molecule has 2 heterocycles. The maximum atomic E-state index is 12.4. The Hall–Kier alpha value is -2.83. The van der Waals surface area contributed by atoms with E-state index in [1.165, 1.54) is 22.5 Å². The highest BCUT2D eigenvalue weighted by atomic mass is 32.1. The zero-order valence-electron chi connectivity index (χ0n) is 17.1. The SMILES string of the molecule is CCN(CC)C1Cc2ccc(-c3c(N=O)ccc4[nH]c(=O)c5sccc5c34)cc2C1. The molecule has 0 saturated heterocycles. The summed E-state index contributed by atoms with van der Waals surface area (Å²) < 4.78 is 0.676. The van der Waals surface area contributed by atoms with Crippen LogP contribution in [0.1, 0.15) is 25.0 Å². The van der Waals surface area contributed by atoms with Crippen molar-refractivity contribution in [1.82, 2.24) is 9.88 Å². The van der Waals surface area contributed by atoms with Crippen LogP contribution in [0.2, 0.25) is 0 Å². The lowest BCUT2D eigenvalue weighted by molar-refractivity contribution is 0.223. The lowest BCUT2D eigenvalue weighted by Gasteiger charge is -2.25. The van der Waals surface area contributed by atoms with Crippen LogP contribution < -0.4 is 5.56 Å². The number of thiophene rings is 1. The fraction of sp³-hybridized carbons (Fsp3) is 0.292. The van der Waals surface area contributed by atoms with Crippen LogP contribution in [-0.2, 0) is 12.8 Å². The average Bonchev–Trinajstić information content (AvgIpc) is 3.41. The fourth-order valence-electron chi connectivity index (χ4n) is 4.95. The zero-order valence-corrected chi connectivity index (χ0v) is 17.9. The van der Waals surface area contributed by atoms with Gasteiger partial charge < -0.3 is 9.88 Å². The smallest absolute Gasteiger partial charge is 0.266 e. The highest BCUT2D eigenvalue weighted by molar-refractivity contribution is 7.17. The van der Waals surface area contributed by atoms with Crippen molar-refractivity contribution in [2.45, 2.75) is 32.7 Å². The van der Waals surface area contributed by atoms with Gasteiger partial charge in [0.15, 0.2) is 0 Å². The van der Waals surface area contributed by atoms with Gasteiger partial charge in [-0.1, -0.05) is 32.0 Å². The van der Waals surface area contributed by atoms with Crippen molar-refractivity contribution in [1.29, 1.82) is 0 Å². The number of aromatic amines is 1. The molecule has 2 aromatic heterocycles. The molecule has 0 bridgehead atoms. The van der Waals surface area contributed by atoms with Gasteiger partial charge in [0.05, 0.1) is 0 Å². The summed E-state index contributed by atoms with van der Waals surface area (Å²) in [6, 6.07) is 12.5. The van der Waals surface area contributed by atoms with Gasteiger partial charge >= 0.3 is 0 Å². The van der Waals surface area contributed by atoms with Crippen LogP contribution >= 0.6 is 11.3 Å². The van der Waals surface area contributed by atoms with E-state index in [0.29, 0.717) is 16.4 Å². The van der Waals surface area contributed by atoms with Gasteiger partial charge in [-0.25, -0.2) is 0 Å². The van der Waals surface area contributed by atoms with Crippen molar-refractivity contribution in [3.63, 3.8) is 0 Å². The lowest BCUT2D eigenvalue weighted by Crippen LogP contribution is -2.35. The number of nitrogens with zero attached hydrogens (tertiary/aromatic N) is 2. The molecule has 6 heteroatoms. The first-order valence-electron chi connectivity index (χ1n) is 10.4. The number of nitroso groups, excluding NO2 is 1. The first-order valence-corrected chi connectivity index (χ1v) is 11.3. The number of fused-ring (bicyclic) bond motifs is 4. The second-order valence-electron chi connectivity index (χ2n) is 7.86. The van der Waals surface area contributed by atoms with Gasteiger partial charge in [0.2, 0.25) is 0 Å². The summed E-state index contributed by atoms with van der Waals surface area (Å²) in [4.78, 5) is 29.6. The molecule has 0 radical (unpaired) electrons. The van der Waals surface area contributed by atoms with E-state index in [1.807, 2.05) is 11.4 Å². The van der Waals surface area contributed by atoms with Gasteiger partial charge in [-0.3, -0.25) is 4.79 Å². The molecule has 1 N–H and O–H groups in total. The molecule has 30 heavy (non-hydrogen) atoms. The minimum absolute atomic E-state index is 0.0960. The standard InChI is InChI=1S/C24H23N3O2S/c1-3-27(4-2)17-12-14-5-6-15(11-16(14)13-17)21-20(26-29)8-7-19-22(21)18-9-10-30-23(18)24(28)25-19/h5-11,17H,3-4,12-13H2,1-2H3,(H,25,28). The summed E-state index contributed by atoms with van der Waals surface area (Å²) >= 11 is 1.42. The molecule has 1 aliphatic carbocycles. The molecule has 5 nitrogen and oxygen atoms in total. The monoisotopic (exact) mass is 417 g/mol. The van der Waals surface area contributed by atoms with E-state index in [9.17, 15) is 9.70 Å². The molecule has 0 aliphatic heterocycles. The van der Waals surface area contributed by atoms with E-state index >= 15 is 0 Å². The zero-order chi connectivity index (χ0) is 20.8. The summed E-state index contributed by atoms with van der Waals surface area (Å²) in [5, 5.41) is 7.01. The summed E-state index contributed by atoms with van der Waals surface area (Å²) in [5.74, 6) is 0. The highest BCUT2D eigenvalue weighted by Crippen LogP contribution is 2.41. The number of benzene rings is 2. The number of hydrogen-bond donors (Lipinski definition) is 1. The third-order valence-electron chi connectivity index (χ3n) is 6.41. The van der Waals surface area contributed by atoms with Crippen LogP contribution in [-0.4, -0.2) is 29.0 Å². The van der Waals surface area contributed by atoms with Crippen molar-refractivity contribution in [3.05, 3.63) is 68.2 Å². The third kappa shape index (κ3) is 2.90. The van der Waals surface area contributed by atoms with Crippen molar-refractivity contribution in [2.75, 3.05) is 13.1 Å². The fourth-order valence-corrected chi connectivity index (χ4v) is 5.75. The van der Waals surface area contributed by atoms with E-state index in [2.05, 4.69) is 47.1 Å². The number of aromatic nitrogens is 1. The molecule has 2 aromatic carbocycles. The Labute approximate surface area is 178 Å². The minimum atomic E-state index is -0.0960. The first-order chi connectivity index (χ1) is 14.6.